The lowest BCUT2D eigenvalue weighted by molar-refractivity contribution is 0.344. The normalized spacial score (nSPS) is 13.1. The zero-order valence-corrected chi connectivity index (χ0v) is 8.99. The van der Waals surface area contributed by atoms with E-state index in [9.17, 15) is 0 Å². The number of aryl methyl sites for hydroxylation is 1. The summed E-state index contributed by atoms with van der Waals surface area (Å²) in [5.41, 5.74) is 5.85. The Morgan fingerprint density at radius 2 is 2.14 bits per heavy atom. The molecule has 0 spiro atoms. The van der Waals surface area contributed by atoms with Crippen LogP contribution in [0.4, 0.5) is 0 Å². The van der Waals surface area contributed by atoms with Gasteiger partial charge in [-0.05, 0) is 12.8 Å². The number of hydrogen-bond donors (Lipinski definition) is 1. The highest BCUT2D eigenvalue weighted by Crippen LogP contribution is 2.13. The first-order valence-electron chi connectivity index (χ1n) is 5.36. The molecule has 1 heterocycles. The zero-order chi connectivity index (χ0) is 10.4. The Labute approximate surface area is 84.9 Å². The van der Waals surface area contributed by atoms with E-state index in [2.05, 4.69) is 24.0 Å². The van der Waals surface area contributed by atoms with Crippen molar-refractivity contribution in [1.82, 2.24) is 10.1 Å². The fourth-order valence-electron chi connectivity index (χ4n) is 1.29. The molecule has 0 aliphatic carbocycles. The molecule has 1 aromatic rings. The van der Waals surface area contributed by atoms with Gasteiger partial charge in [-0.15, -0.1) is 0 Å². The third kappa shape index (κ3) is 3.10. The fourth-order valence-corrected chi connectivity index (χ4v) is 1.29. The molecule has 0 bridgehead atoms. The summed E-state index contributed by atoms with van der Waals surface area (Å²) in [4.78, 5) is 4.26. The Hall–Kier alpha value is -0.900. The van der Waals surface area contributed by atoms with Crippen LogP contribution < -0.4 is 5.73 Å². The minimum atomic E-state index is -0.0946. The van der Waals surface area contributed by atoms with Crippen LogP contribution in [0, 0.1) is 0 Å². The predicted molar refractivity (Wildman–Crippen MR) is 54.7 cm³/mol. The quantitative estimate of drug-likeness (QED) is 0.759. The molecule has 0 aliphatic rings. The molecule has 0 amide bonds. The lowest BCUT2D eigenvalue weighted by Gasteiger charge is -2.01. The smallest absolute Gasteiger partial charge is 0.243 e. The molecule has 0 saturated carbocycles. The van der Waals surface area contributed by atoms with Crippen LogP contribution in [0.3, 0.4) is 0 Å². The standard InChI is InChI=1S/C10H19N3O/c1-3-5-7-9-12-10(14-13-9)8(11)6-4-2/h8H,3-7,11H2,1-2H3. The van der Waals surface area contributed by atoms with Gasteiger partial charge in [-0.1, -0.05) is 31.8 Å². The van der Waals surface area contributed by atoms with Gasteiger partial charge in [-0.25, -0.2) is 0 Å². The molecule has 0 aliphatic heterocycles. The van der Waals surface area contributed by atoms with Gasteiger partial charge >= 0.3 is 0 Å². The Morgan fingerprint density at radius 1 is 1.36 bits per heavy atom. The molecule has 4 nitrogen and oxygen atoms in total. The highest BCUT2D eigenvalue weighted by Gasteiger charge is 2.13. The first-order chi connectivity index (χ1) is 6.77. The number of hydrogen-bond acceptors (Lipinski definition) is 4. The molecule has 1 aromatic heterocycles. The molecule has 80 valence electrons. The van der Waals surface area contributed by atoms with Gasteiger partial charge in [0.1, 0.15) is 0 Å². The van der Waals surface area contributed by atoms with Crippen molar-refractivity contribution in [2.45, 2.75) is 52.0 Å². The lowest BCUT2D eigenvalue weighted by atomic mass is 10.2. The minimum absolute atomic E-state index is 0.0946. The van der Waals surface area contributed by atoms with E-state index in [0.29, 0.717) is 5.89 Å². The SMILES string of the molecule is CCCCc1noc(C(N)CCC)n1. The van der Waals surface area contributed by atoms with Gasteiger partial charge < -0.3 is 10.3 Å². The molecule has 2 N–H and O–H groups in total. The molecule has 0 aromatic carbocycles. The van der Waals surface area contributed by atoms with Crippen LogP contribution in [0.1, 0.15) is 57.3 Å². The van der Waals surface area contributed by atoms with E-state index in [4.69, 9.17) is 10.3 Å². The molecule has 1 atom stereocenters. The number of nitrogens with zero attached hydrogens (tertiary/aromatic N) is 2. The maximum absolute atomic E-state index is 5.85. The molecular weight excluding hydrogens is 178 g/mol. The van der Waals surface area contributed by atoms with Gasteiger partial charge in [-0.3, -0.25) is 0 Å². The van der Waals surface area contributed by atoms with E-state index in [1.807, 2.05) is 0 Å². The molecule has 0 fully saturated rings. The van der Waals surface area contributed by atoms with Gasteiger partial charge in [0.25, 0.3) is 0 Å². The van der Waals surface area contributed by atoms with Gasteiger partial charge in [0.15, 0.2) is 5.82 Å². The maximum Gasteiger partial charge on any atom is 0.243 e. The summed E-state index contributed by atoms with van der Waals surface area (Å²) in [5, 5.41) is 3.89. The summed E-state index contributed by atoms with van der Waals surface area (Å²) in [6.45, 7) is 4.23. The van der Waals surface area contributed by atoms with Crippen LogP contribution in [0.15, 0.2) is 4.52 Å². The number of unbranched alkanes of at least 4 members (excludes halogenated alkanes) is 1. The summed E-state index contributed by atoms with van der Waals surface area (Å²) >= 11 is 0. The minimum Gasteiger partial charge on any atom is -0.338 e. The number of nitrogens with two attached hydrogens (primary N) is 1. The molecule has 14 heavy (non-hydrogen) atoms. The zero-order valence-electron chi connectivity index (χ0n) is 8.99. The molecule has 1 rings (SSSR count). The van der Waals surface area contributed by atoms with E-state index >= 15 is 0 Å². The topological polar surface area (TPSA) is 64.9 Å². The second kappa shape index (κ2) is 5.75. The Morgan fingerprint density at radius 3 is 2.79 bits per heavy atom. The second-order valence-corrected chi connectivity index (χ2v) is 3.55. The van der Waals surface area contributed by atoms with Crippen LogP contribution in [0.25, 0.3) is 0 Å². The van der Waals surface area contributed by atoms with E-state index in [1.54, 1.807) is 0 Å². The van der Waals surface area contributed by atoms with Gasteiger partial charge in [0.05, 0.1) is 6.04 Å². The third-order valence-corrected chi connectivity index (χ3v) is 2.15. The Balaban J connectivity index is 2.49. The lowest BCUT2D eigenvalue weighted by Crippen LogP contribution is -2.10. The Kier molecular flexibility index (Phi) is 4.59. The number of rotatable bonds is 6. The van der Waals surface area contributed by atoms with Crippen LogP contribution in [0.2, 0.25) is 0 Å². The molecular formula is C10H19N3O. The predicted octanol–water partition coefficient (Wildman–Crippen LogP) is 2.21. The van der Waals surface area contributed by atoms with E-state index in [0.717, 1.165) is 37.9 Å². The van der Waals surface area contributed by atoms with Crippen molar-refractivity contribution in [1.29, 1.82) is 0 Å². The van der Waals surface area contributed by atoms with Crippen LogP contribution in [-0.2, 0) is 6.42 Å². The summed E-state index contributed by atoms with van der Waals surface area (Å²) in [5.74, 6) is 1.37. The second-order valence-electron chi connectivity index (χ2n) is 3.55. The highest BCUT2D eigenvalue weighted by atomic mass is 16.5. The first kappa shape index (κ1) is 11.2. The van der Waals surface area contributed by atoms with E-state index in [-0.39, 0.29) is 6.04 Å². The van der Waals surface area contributed by atoms with Crippen molar-refractivity contribution in [2.75, 3.05) is 0 Å². The van der Waals surface area contributed by atoms with Crippen molar-refractivity contribution in [2.24, 2.45) is 5.73 Å². The molecule has 1 unspecified atom stereocenters. The van der Waals surface area contributed by atoms with Gasteiger partial charge in [0, 0.05) is 6.42 Å². The average molecular weight is 197 g/mol. The fraction of sp³-hybridized carbons (Fsp3) is 0.800. The van der Waals surface area contributed by atoms with Crippen molar-refractivity contribution in [3.8, 4) is 0 Å². The summed E-state index contributed by atoms with van der Waals surface area (Å²) in [7, 11) is 0. The molecule has 0 radical (unpaired) electrons. The van der Waals surface area contributed by atoms with E-state index < -0.39 is 0 Å². The van der Waals surface area contributed by atoms with Crippen LogP contribution >= 0.6 is 0 Å². The Bertz CT molecular complexity index is 260. The maximum atomic E-state index is 5.85. The summed E-state index contributed by atoms with van der Waals surface area (Å²) < 4.78 is 5.09. The summed E-state index contributed by atoms with van der Waals surface area (Å²) in [6, 6.07) is -0.0946. The van der Waals surface area contributed by atoms with Crippen molar-refractivity contribution >= 4 is 0 Å². The third-order valence-electron chi connectivity index (χ3n) is 2.15. The molecule has 0 saturated heterocycles. The number of aromatic nitrogens is 2. The van der Waals surface area contributed by atoms with Crippen molar-refractivity contribution < 1.29 is 4.52 Å². The van der Waals surface area contributed by atoms with Crippen molar-refractivity contribution in [3.63, 3.8) is 0 Å². The van der Waals surface area contributed by atoms with Crippen molar-refractivity contribution in [3.05, 3.63) is 11.7 Å². The van der Waals surface area contributed by atoms with E-state index in [1.165, 1.54) is 0 Å². The van der Waals surface area contributed by atoms with Crippen LogP contribution in [-0.4, -0.2) is 10.1 Å². The monoisotopic (exact) mass is 197 g/mol. The van der Waals surface area contributed by atoms with Crippen LogP contribution in [0.5, 0.6) is 0 Å². The van der Waals surface area contributed by atoms with Gasteiger partial charge in [-0.2, -0.15) is 4.98 Å². The van der Waals surface area contributed by atoms with Gasteiger partial charge in [0.2, 0.25) is 5.89 Å². The average Bonchev–Trinajstić information content (AvgIpc) is 2.63. The highest BCUT2D eigenvalue weighted by molar-refractivity contribution is 4.91. The first-order valence-corrected chi connectivity index (χ1v) is 5.36. The summed E-state index contributed by atoms with van der Waals surface area (Å²) in [6.07, 6.45) is 5.06. The molecule has 4 heteroatoms. The largest absolute Gasteiger partial charge is 0.338 e.